The van der Waals surface area contributed by atoms with Crippen LogP contribution in [0.4, 0.5) is 0 Å². The molecule has 0 unspecified atom stereocenters. The summed E-state index contributed by atoms with van der Waals surface area (Å²) in [6.07, 6.45) is 0.954. The lowest BCUT2D eigenvalue weighted by Crippen LogP contribution is -2.41. The summed E-state index contributed by atoms with van der Waals surface area (Å²) in [5.74, 6) is 0.855. The molecule has 144 valence electrons. The molecule has 0 atom stereocenters. The molecule has 27 heavy (non-hydrogen) atoms. The van der Waals surface area contributed by atoms with Gasteiger partial charge in [-0.3, -0.25) is 4.79 Å². The summed E-state index contributed by atoms with van der Waals surface area (Å²) in [7, 11) is 2.01. The molecule has 0 radical (unpaired) electrons. The first-order valence-corrected chi connectivity index (χ1v) is 10.3. The molecule has 1 aliphatic rings. The molecule has 1 N–H and O–H groups in total. The number of aryl methyl sites for hydroxylation is 1. The van der Waals surface area contributed by atoms with Gasteiger partial charge in [0, 0.05) is 38.1 Å². The number of hydrogen-bond donors (Lipinski definition) is 1. The van der Waals surface area contributed by atoms with Crippen LogP contribution in [0.2, 0.25) is 0 Å². The Bertz CT molecular complexity index is 814. The quantitative estimate of drug-likeness (QED) is 0.637. The van der Waals surface area contributed by atoms with Crippen molar-refractivity contribution in [2.45, 2.75) is 33.4 Å². The van der Waals surface area contributed by atoms with E-state index in [0.717, 1.165) is 32.0 Å². The molecule has 1 amide bonds. The number of amides is 1. The van der Waals surface area contributed by atoms with Gasteiger partial charge in [0.1, 0.15) is 6.54 Å². The van der Waals surface area contributed by atoms with Crippen LogP contribution in [0, 0.1) is 6.92 Å². The summed E-state index contributed by atoms with van der Waals surface area (Å²) in [5.41, 5.74) is 3.81. The molecule has 5 nitrogen and oxygen atoms in total. The first-order valence-electron chi connectivity index (χ1n) is 9.45. The third-order valence-electron chi connectivity index (χ3n) is 4.89. The van der Waals surface area contributed by atoms with Gasteiger partial charge in [0.15, 0.2) is 5.96 Å². The molecule has 1 aromatic carbocycles. The SMILES string of the molecule is CCNC(=NCC(=O)N1CCc2sccc2C1)N(C)Cc1ccccc1C. The summed E-state index contributed by atoms with van der Waals surface area (Å²) >= 11 is 1.79. The molecule has 2 aromatic rings. The molecule has 1 aliphatic heterocycles. The van der Waals surface area contributed by atoms with E-state index in [-0.39, 0.29) is 12.5 Å². The second-order valence-corrected chi connectivity index (χ2v) is 7.89. The lowest BCUT2D eigenvalue weighted by Gasteiger charge is -2.27. The van der Waals surface area contributed by atoms with Gasteiger partial charge in [0.25, 0.3) is 0 Å². The number of nitrogens with zero attached hydrogens (tertiary/aromatic N) is 3. The van der Waals surface area contributed by atoms with Crippen molar-refractivity contribution in [1.82, 2.24) is 15.1 Å². The number of aliphatic imine (C=N–C) groups is 1. The van der Waals surface area contributed by atoms with Crippen molar-refractivity contribution in [3.63, 3.8) is 0 Å². The molecular formula is C21H28N4OS. The summed E-state index contributed by atoms with van der Waals surface area (Å²) in [4.78, 5) is 22.7. The van der Waals surface area contributed by atoms with Crippen molar-refractivity contribution in [2.24, 2.45) is 4.99 Å². The van der Waals surface area contributed by atoms with Crippen molar-refractivity contribution in [1.29, 1.82) is 0 Å². The fourth-order valence-electron chi connectivity index (χ4n) is 3.29. The fraction of sp³-hybridized carbons (Fsp3) is 0.429. The van der Waals surface area contributed by atoms with Gasteiger partial charge in [-0.15, -0.1) is 11.3 Å². The van der Waals surface area contributed by atoms with Gasteiger partial charge in [0.2, 0.25) is 5.91 Å². The van der Waals surface area contributed by atoms with Gasteiger partial charge < -0.3 is 15.1 Å². The van der Waals surface area contributed by atoms with E-state index in [1.165, 1.54) is 21.6 Å². The number of fused-ring (bicyclic) bond motifs is 1. The number of rotatable bonds is 5. The average Bonchev–Trinajstić information content (AvgIpc) is 3.14. The molecule has 2 heterocycles. The molecular weight excluding hydrogens is 356 g/mol. The monoisotopic (exact) mass is 384 g/mol. The van der Waals surface area contributed by atoms with Crippen molar-refractivity contribution in [3.8, 4) is 0 Å². The lowest BCUT2D eigenvalue weighted by atomic mass is 10.1. The molecule has 3 rings (SSSR count). The molecule has 6 heteroatoms. The Morgan fingerprint density at radius 3 is 2.93 bits per heavy atom. The van der Waals surface area contributed by atoms with E-state index in [4.69, 9.17) is 0 Å². The second kappa shape index (κ2) is 9.04. The highest BCUT2D eigenvalue weighted by atomic mass is 32.1. The maximum absolute atomic E-state index is 12.6. The predicted molar refractivity (Wildman–Crippen MR) is 112 cm³/mol. The highest BCUT2D eigenvalue weighted by Gasteiger charge is 2.21. The zero-order valence-corrected chi connectivity index (χ0v) is 17.2. The van der Waals surface area contributed by atoms with E-state index in [9.17, 15) is 4.79 Å². The molecule has 0 saturated carbocycles. The maximum atomic E-state index is 12.6. The number of carbonyl (C=O) groups is 1. The van der Waals surface area contributed by atoms with Crippen LogP contribution in [0.5, 0.6) is 0 Å². The number of thiophene rings is 1. The predicted octanol–water partition coefficient (Wildman–Crippen LogP) is 3.04. The standard InChI is InChI=1S/C21H28N4OS/c1-4-22-21(24(3)14-17-8-6-5-7-16(17)2)23-13-20(26)25-11-9-19-18(15-25)10-12-27-19/h5-8,10,12H,4,9,11,13-15H2,1-3H3,(H,22,23). The number of benzene rings is 1. The van der Waals surface area contributed by atoms with E-state index < -0.39 is 0 Å². The number of nitrogens with one attached hydrogen (secondary N) is 1. The van der Waals surface area contributed by atoms with E-state index in [1.807, 2.05) is 24.9 Å². The van der Waals surface area contributed by atoms with E-state index in [1.54, 1.807) is 11.3 Å². The smallest absolute Gasteiger partial charge is 0.244 e. The average molecular weight is 385 g/mol. The van der Waals surface area contributed by atoms with Crippen LogP contribution in [-0.2, 0) is 24.3 Å². The van der Waals surface area contributed by atoms with Crippen LogP contribution in [0.1, 0.15) is 28.5 Å². The third kappa shape index (κ3) is 4.89. The number of carbonyl (C=O) groups excluding carboxylic acids is 1. The minimum atomic E-state index is 0.0894. The highest BCUT2D eigenvalue weighted by Crippen LogP contribution is 2.23. The van der Waals surface area contributed by atoms with Crippen LogP contribution >= 0.6 is 11.3 Å². The Labute approximate surface area is 165 Å². The third-order valence-corrected chi connectivity index (χ3v) is 5.91. The van der Waals surface area contributed by atoms with Gasteiger partial charge in [0.05, 0.1) is 0 Å². The zero-order chi connectivity index (χ0) is 19.2. The Hall–Kier alpha value is -2.34. The van der Waals surface area contributed by atoms with Gasteiger partial charge in [-0.05, 0) is 48.4 Å². The lowest BCUT2D eigenvalue weighted by molar-refractivity contribution is -0.130. The summed E-state index contributed by atoms with van der Waals surface area (Å²) in [5, 5.41) is 5.41. The van der Waals surface area contributed by atoms with E-state index >= 15 is 0 Å². The topological polar surface area (TPSA) is 47.9 Å². The van der Waals surface area contributed by atoms with Crippen LogP contribution in [0.15, 0.2) is 40.7 Å². The van der Waals surface area contributed by atoms with Gasteiger partial charge in [-0.2, -0.15) is 0 Å². The van der Waals surface area contributed by atoms with Crippen molar-refractivity contribution >= 4 is 23.2 Å². The van der Waals surface area contributed by atoms with E-state index in [2.05, 4.69) is 51.8 Å². The Morgan fingerprint density at radius 2 is 2.15 bits per heavy atom. The minimum Gasteiger partial charge on any atom is -0.357 e. The van der Waals surface area contributed by atoms with Gasteiger partial charge in [-0.25, -0.2) is 4.99 Å². The normalized spacial score (nSPS) is 14.0. The first-order chi connectivity index (χ1) is 13.1. The maximum Gasteiger partial charge on any atom is 0.244 e. The molecule has 0 fully saturated rings. The highest BCUT2D eigenvalue weighted by molar-refractivity contribution is 7.10. The van der Waals surface area contributed by atoms with Crippen LogP contribution in [0.3, 0.4) is 0 Å². The largest absolute Gasteiger partial charge is 0.357 e. The van der Waals surface area contributed by atoms with Crippen molar-refractivity contribution in [2.75, 3.05) is 26.7 Å². The molecule has 1 aromatic heterocycles. The molecule has 0 bridgehead atoms. The Balaban J connectivity index is 1.63. The number of guanidine groups is 1. The Kier molecular flexibility index (Phi) is 6.50. The summed E-state index contributed by atoms with van der Waals surface area (Å²) < 4.78 is 0. The minimum absolute atomic E-state index is 0.0894. The molecule has 0 spiro atoms. The number of hydrogen-bond acceptors (Lipinski definition) is 3. The van der Waals surface area contributed by atoms with Crippen LogP contribution in [0.25, 0.3) is 0 Å². The second-order valence-electron chi connectivity index (χ2n) is 6.89. The van der Waals surface area contributed by atoms with Gasteiger partial charge >= 0.3 is 0 Å². The summed E-state index contributed by atoms with van der Waals surface area (Å²) in [6.45, 7) is 7.37. The van der Waals surface area contributed by atoms with E-state index in [0.29, 0.717) is 6.54 Å². The first kappa shape index (κ1) is 19.4. The van der Waals surface area contributed by atoms with Crippen molar-refractivity contribution < 1.29 is 4.79 Å². The van der Waals surface area contributed by atoms with Crippen LogP contribution in [-0.4, -0.2) is 48.3 Å². The fourth-order valence-corrected chi connectivity index (χ4v) is 4.18. The zero-order valence-electron chi connectivity index (χ0n) is 16.4. The van der Waals surface area contributed by atoms with Crippen molar-refractivity contribution in [3.05, 3.63) is 57.3 Å². The molecule has 0 saturated heterocycles. The van der Waals surface area contributed by atoms with Gasteiger partial charge in [-0.1, -0.05) is 24.3 Å². The molecule has 0 aliphatic carbocycles. The summed E-state index contributed by atoms with van der Waals surface area (Å²) in [6, 6.07) is 10.5. The van der Waals surface area contributed by atoms with Crippen LogP contribution < -0.4 is 5.32 Å². The Morgan fingerprint density at radius 1 is 1.33 bits per heavy atom.